The molecule has 0 radical (unpaired) electrons. The number of halogens is 1. The molecule has 1 aromatic carbocycles. The molecule has 1 heterocycles. The maximum absolute atomic E-state index is 16.2. The van der Waals surface area contributed by atoms with Crippen molar-refractivity contribution in [1.82, 2.24) is 0 Å². The van der Waals surface area contributed by atoms with Gasteiger partial charge in [-0.25, -0.2) is 9.18 Å². The lowest BCUT2D eigenvalue weighted by Gasteiger charge is -2.67. The van der Waals surface area contributed by atoms with E-state index in [4.69, 9.17) is 14.2 Å². The number of ketones is 2. The summed E-state index contributed by atoms with van der Waals surface area (Å²) in [5.74, 6) is -6.98. The first-order valence-corrected chi connectivity index (χ1v) is 13.3. The second kappa shape index (κ2) is 8.91. The third-order valence-electron chi connectivity index (χ3n) is 10.2. The van der Waals surface area contributed by atoms with E-state index in [1.54, 1.807) is 39.0 Å². The van der Waals surface area contributed by atoms with Gasteiger partial charge in [-0.05, 0) is 25.0 Å². The number of hydrogen-bond acceptors (Lipinski definition) is 9. The monoisotopic (exact) mass is 546 g/mol. The summed E-state index contributed by atoms with van der Waals surface area (Å²) in [5, 5.41) is 23.7. The number of fused-ring (bicyclic) bond motifs is 5. The zero-order chi connectivity index (χ0) is 28.7. The van der Waals surface area contributed by atoms with Gasteiger partial charge < -0.3 is 24.4 Å². The van der Waals surface area contributed by atoms with Crippen LogP contribution in [0.5, 0.6) is 0 Å². The van der Waals surface area contributed by atoms with Crippen LogP contribution in [0.3, 0.4) is 0 Å². The van der Waals surface area contributed by atoms with Crippen LogP contribution >= 0.6 is 0 Å². The van der Waals surface area contributed by atoms with Crippen LogP contribution in [0.2, 0.25) is 0 Å². The van der Waals surface area contributed by atoms with Gasteiger partial charge in [0.2, 0.25) is 11.6 Å². The molecule has 3 aliphatic carbocycles. The van der Waals surface area contributed by atoms with Crippen molar-refractivity contribution in [2.75, 3.05) is 6.61 Å². The lowest BCUT2D eigenvalue weighted by atomic mass is 9.42. The summed E-state index contributed by atoms with van der Waals surface area (Å²) in [7, 11) is 0. The third-order valence-corrected chi connectivity index (χ3v) is 10.2. The molecule has 4 aliphatic rings. The summed E-state index contributed by atoms with van der Waals surface area (Å²) in [4.78, 5) is 54.0. The molecule has 0 amide bonds. The van der Waals surface area contributed by atoms with Crippen molar-refractivity contribution < 1.29 is 48.0 Å². The van der Waals surface area contributed by atoms with E-state index in [9.17, 15) is 29.4 Å². The molecule has 2 unspecified atom stereocenters. The second-order valence-electron chi connectivity index (χ2n) is 12.5. The average Bonchev–Trinajstić information content (AvgIpc) is 2.87. The fourth-order valence-electron chi connectivity index (χ4n) is 7.91. The van der Waals surface area contributed by atoms with Crippen molar-refractivity contribution in [1.29, 1.82) is 0 Å². The Kier molecular flexibility index (Phi) is 6.36. The number of Topliss-reactive ketones (excluding diaryl/α,β-unsaturated/α-hetero) is 2. The van der Waals surface area contributed by atoms with E-state index >= 15 is 4.39 Å². The van der Waals surface area contributed by atoms with E-state index in [0.717, 1.165) is 6.92 Å². The molecule has 5 rings (SSSR count). The van der Waals surface area contributed by atoms with E-state index in [0.29, 0.717) is 0 Å². The van der Waals surface area contributed by atoms with Gasteiger partial charge in [0, 0.05) is 31.1 Å². The van der Waals surface area contributed by atoms with Gasteiger partial charge in [-0.1, -0.05) is 39.0 Å². The van der Waals surface area contributed by atoms with Crippen molar-refractivity contribution in [3.8, 4) is 0 Å². The first kappa shape index (κ1) is 27.9. The molecule has 0 spiro atoms. The van der Waals surface area contributed by atoms with E-state index in [1.807, 2.05) is 0 Å². The predicted octanol–water partition coefficient (Wildman–Crippen LogP) is 2.20. The zero-order valence-electron chi connectivity index (χ0n) is 22.7. The number of hydrogen-bond donors (Lipinski definition) is 2. The number of rotatable bonds is 3. The number of aliphatic hydroxyl groups excluding tert-OH is 1. The highest BCUT2D eigenvalue weighted by Crippen LogP contribution is 2.64. The molecule has 10 heteroatoms. The fraction of sp³-hybridized carbons (Fsp3) is 0.655. The normalized spacial score (nSPS) is 44.6. The third kappa shape index (κ3) is 3.60. The largest absolute Gasteiger partial charge is 0.455 e. The van der Waals surface area contributed by atoms with Crippen LogP contribution in [0.1, 0.15) is 57.8 Å². The van der Waals surface area contributed by atoms with Crippen molar-refractivity contribution >= 4 is 23.5 Å². The lowest BCUT2D eigenvalue weighted by Crippen LogP contribution is -2.82. The van der Waals surface area contributed by atoms with Gasteiger partial charge in [-0.2, -0.15) is 0 Å². The predicted molar refractivity (Wildman–Crippen MR) is 133 cm³/mol. The number of esters is 2. The molecule has 3 saturated carbocycles. The van der Waals surface area contributed by atoms with E-state index < -0.39 is 87.8 Å². The molecular weight excluding hydrogens is 511 g/mol. The molecule has 9 nitrogen and oxygen atoms in total. The van der Waals surface area contributed by atoms with Crippen molar-refractivity contribution in [3.05, 3.63) is 35.9 Å². The molecule has 4 fully saturated rings. The highest BCUT2D eigenvalue weighted by atomic mass is 19.1. The molecule has 2 bridgehead atoms. The van der Waals surface area contributed by atoms with Crippen LogP contribution in [0, 0.1) is 28.6 Å². The van der Waals surface area contributed by atoms with E-state index in [2.05, 4.69) is 0 Å². The molecular formula is C29H35FO9. The molecule has 2 N–H and O–H groups in total. The minimum Gasteiger partial charge on any atom is -0.455 e. The Labute approximate surface area is 226 Å². The first-order chi connectivity index (χ1) is 18.1. The summed E-state index contributed by atoms with van der Waals surface area (Å²) >= 11 is 0. The van der Waals surface area contributed by atoms with Gasteiger partial charge in [-0.15, -0.1) is 0 Å². The quantitative estimate of drug-likeness (QED) is 0.432. The van der Waals surface area contributed by atoms with Crippen LogP contribution < -0.4 is 0 Å². The maximum Gasteiger partial charge on any atom is 0.338 e. The van der Waals surface area contributed by atoms with Crippen LogP contribution in [0.15, 0.2) is 30.3 Å². The minimum atomic E-state index is -2.13. The topological polar surface area (TPSA) is 136 Å². The minimum absolute atomic E-state index is 0.141. The number of carbonyl (C=O) groups is 4. The fourth-order valence-corrected chi connectivity index (χ4v) is 7.91. The summed E-state index contributed by atoms with van der Waals surface area (Å²) in [6.07, 6.45) is -6.48. The number of aliphatic hydroxyl groups is 2. The van der Waals surface area contributed by atoms with Crippen LogP contribution in [-0.2, 0) is 28.6 Å². The Bertz CT molecular complexity index is 1220. The molecule has 0 aromatic heterocycles. The molecule has 212 valence electrons. The van der Waals surface area contributed by atoms with Gasteiger partial charge in [-0.3, -0.25) is 14.4 Å². The standard InChI is InChI=1S/C29H35FO9/c1-14-17(32)12-29(36)24(38-25(35)16-9-7-6-8-10-16)22-27(5,23(34)21(33)20(14)26(29,3)4)18(30)11-19-28(22,13-37-19)39-15(2)31/h6-10,14,17-20,22,24,32,36H,11-13H2,1-5H3/t14?,17-,18+,19+,20?,22-,24-,27+,28-,29+/m0/s1. The number of carbonyl (C=O) groups excluding carboxylic acids is 4. The van der Waals surface area contributed by atoms with Gasteiger partial charge in [0.15, 0.2) is 5.60 Å². The Morgan fingerprint density at radius 2 is 1.77 bits per heavy atom. The second-order valence-corrected chi connectivity index (χ2v) is 12.5. The summed E-state index contributed by atoms with van der Waals surface area (Å²) in [5.41, 5.74) is -7.18. The van der Waals surface area contributed by atoms with Gasteiger partial charge in [0.25, 0.3) is 0 Å². The smallest absolute Gasteiger partial charge is 0.338 e. The highest BCUT2D eigenvalue weighted by molar-refractivity contribution is 6.40. The summed E-state index contributed by atoms with van der Waals surface area (Å²) in [6.45, 7) is 6.97. The van der Waals surface area contributed by atoms with Crippen molar-refractivity contribution in [2.45, 2.75) is 83.1 Å². The summed E-state index contributed by atoms with van der Waals surface area (Å²) in [6, 6.07) is 7.96. The molecule has 1 aromatic rings. The van der Waals surface area contributed by atoms with Crippen LogP contribution in [0.4, 0.5) is 4.39 Å². The molecule has 1 saturated heterocycles. The Morgan fingerprint density at radius 3 is 2.33 bits per heavy atom. The number of benzene rings is 1. The lowest BCUT2D eigenvalue weighted by molar-refractivity contribution is -0.345. The van der Waals surface area contributed by atoms with E-state index in [1.165, 1.54) is 19.1 Å². The molecule has 39 heavy (non-hydrogen) atoms. The number of alkyl halides is 1. The molecule has 10 atom stereocenters. The maximum atomic E-state index is 16.2. The van der Waals surface area contributed by atoms with Gasteiger partial charge in [0.1, 0.15) is 24.0 Å². The summed E-state index contributed by atoms with van der Waals surface area (Å²) < 4.78 is 33.7. The zero-order valence-corrected chi connectivity index (χ0v) is 22.7. The van der Waals surface area contributed by atoms with Crippen molar-refractivity contribution in [2.24, 2.45) is 28.6 Å². The Balaban J connectivity index is 1.80. The highest BCUT2D eigenvalue weighted by Gasteiger charge is 2.79. The first-order valence-electron chi connectivity index (χ1n) is 13.3. The van der Waals surface area contributed by atoms with Crippen molar-refractivity contribution in [3.63, 3.8) is 0 Å². The average molecular weight is 547 g/mol. The van der Waals surface area contributed by atoms with E-state index in [-0.39, 0.29) is 25.0 Å². The SMILES string of the molecule is CC(=O)O[C@@]12CO[C@@H]1C[C@@H](F)[C@@]1(C)C(=O)C(=O)C3C(C)[C@@H](O)C[C@@](O)([C@@H](OC(=O)c4ccccc4)[C@H]21)C3(C)C. The Morgan fingerprint density at radius 1 is 1.13 bits per heavy atom. The van der Waals surface area contributed by atoms with Crippen LogP contribution in [0.25, 0.3) is 0 Å². The van der Waals surface area contributed by atoms with Crippen LogP contribution in [-0.4, -0.2) is 76.0 Å². The Hall–Kier alpha value is -2.69. The number of ether oxygens (including phenoxy) is 3. The van der Waals surface area contributed by atoms with Gasteiger partial charge in [0.05, 0.1) is 29.6 Å². The molecule has 1 aliphatic heterocycles. The van der Waals surface area contributed by atoms with Gasteiger partial charge >= 0.3 is 11.9 Å².